The zero-order valence-electron chi connectivity index (χ0n) is 16.3. The average molecular weight is 396 g/mol. The SMILES string of the molecule is CCCN(CC(=O)O)C(=O)CNC(=O)OCC1c2ccccc2-c2ccccc21. The molecule has 0 unspecified atom stereocenters. The van der Waals surface area contributed by atoms with Gasteiger partial charge in [0.05, 0.1) is 0 Å². The molecule has 7 heteroatoms. The normalized spacial score (nSPS) is 12.0. The quantitative estimate of drug-likeness (QED) is 0.715. The molecule has 0 saturated carbocycles. The van der Waals surface area contributed by atoms with Crippen molar-refractivity contribution in [2.45, 2.75) is 19.3 Å². The third kappa shape index (κ3) is 4.74. The first-order chi connectivity index (χ1) is 14.0. The summed E-state index contributed by atoms with van der Waals surface area (Å²) in [4.78, 5) is 36.3. The van der Waals surface area contributed by atoms with Gasteiger partial charge in [-0.25, -0.2) is 4.79 Å². The summed E-state index contributed by atoms with van der Waals surface area (Å²) in [6.45, 7) is 1.63. The molecule has 0 fully saturated rings. The maximum absolute atomic E-state index is 12.2. The smallest absolute Gasteiger partial charge is 0.407 e. The van der Waals surface area contributed by atoms with Gasteiger partial charge < -0.3 is 20.1 Å². The van der Waals surface area contributed by atoms with Crippen molar-refractivity contribution in [3.8, 4) is 11.1 Å². The Morgan fingerprint density at radius 3 is 2.17 bits per heavy atom. The molecular weight excluding hydrogens is 372 g/mol. The Kier molecular flexibility index (Phi) is 6.49. The van der Waals surface area contributed by atoms with Crippen LogP contribution in [0.15, 0.2) is 48.5 Å². The van der Waals surface area contributed by atoms with Crippen molar-refractivity contribution in [3.05, 3.63) is 59.7 Å². The highest BCUT2D eigenvalue weighted by Gasteiger charge is 2.29. The summed E-state index contributed by atoms with van der Waals surface area (Å²) in [5.41, 5.74) is 4.48. The van der Waals surface area contributed by atoms with Crippen LogP contribution in [0.4, 0.5) is 4.79 Å². The Morgan fingerprint density at radius 1 is 1.03 bits per heavy atom. The van der Waals surface area contributed by atoms with Crippen LogP contribution in [0.2, 0.25) is 0 Å². The first kappa shape index (κ1) is 20.4. The van der Waals surface area contributed by atoms with E-state index in [0.717, 1.165) is 22.3 Å². The number of carboxylic acid groups (broad SMARTS) is 1. The zero-order valence-corrected chi connectivity index (χ0v) is 16.3. The third-order valence-electron chi connectivity index (χ3n) is 4.90. The Morgan fingerprint density at radius 2 is 1.62 bits per heavy atom. The number of carbonyl (C=O) groups excluding carboxylic acids is 2. The molecule has 29 heavy (non-hydrogen) atoms. The molecule has 2 amide bonds. The minimum Gasteiger partial charge on any atom is -0.480 e. The molecule has 7 nitrogen and oxygen atoms in total. The van der Waals surface area contributed by atoms with Crippen molar-refractivity contribution in [3.63, 3.8) is 0 Å². The van der Waals surface area contributed by atoms with E-state index in [1.54, 1.807) is 0 Å². The highest BCUT2D eigenvalue weighted by atomic mass is 16.5. The van der Waals surface area contributed by atoms with E-state index in [4.69, 9.17) is 9.84 Å². The summed E-state index contributed by atoms with van der Waals surface area (Å²) in [6, 6.07) is 16.0. The molecule has 0 atom stereocenters. The van der Waals surface area contributed by atoms with E-state index < -0.39 is 18.0 Å². The predicted octanol–water partition coefficient (Wildman–Crippen LogP) is 2.85. The number of amides is 2. The third-order valence-corrected chi connectivity index (χ3v) is 4.90. The Hall–Kier alpha value is -3.35. The lowest BCUT2D eigenvalue weighted by Gasteiger charge is -2.20. The molecule has 2 aromatic carbocycles. The Bertz CT molecular complexity index is 866. The minimum absolute atomic E-state index is 0.0625. The first-order valence-electron chi connectivity index (χ1n) is 9.59. The highest BCUT2D eigenvalue weighted by molar-refractivity contribution is 5.85. The zero-order chi connectivity index (χ0) is 20.8. The van der Waals surface area contributed by atoms with E-state index in [-0.39, 0.29) is 25.6 Å². The summed E-state index contributed by atoms with van der Waals surface area (Å²) >= 11 is 0. The van der Waals surface area contributed by atoms with E-state index in [0.29, 0.717) is 13.0 Å². The molecule has 3 rings (SSSR count). The van der Waals surface area contributed by atoms with Crippen LogP contribution in [0.1, 0.15) is 30.4 Å². The number of carbonyl (C=O) groups is 3. The fourth-order valence-corrected chi connectivity index (χ4v) is 3.63. The summed E-state index contributed by atoms with van der Waals surface area (Å²) in [7, 11) is 0. The van der Waals surface area contributed by atoms with Gasteiger partial charge in [-0.1, -0.05) is 55.5 Å². The number of benzene rings is 2. The molecule has 0 radical (unpaired) electrons. The van der Waals surface area contributed by atoms with Crippen molar-refractivity contribution >= 4 is 18.0 Å². The molecule has 0 spiro atoms. The van der Waals surface area contributed by atoms with Crippen LogP contribution in [0.5, 0.6) is 0 Å². The molecular formula is C22H24N2O5. The molecule has 2 aromatic rings. The second kappa shape index (κ2) is 9.23. The van der Waals surface area contributed by atoms with Crippen molar-refractivity contribution in [2.24, 2.45) is 0 Å². The van der Waals surface area contributed by atoms with Crippen LogP contribution in [-0.4, -0.2) is 54.2 Å². The fraction of sp³-hybridized carbons (Fsp3) is 0.318. The maximum atomic E-state index is 12.2. The van der Waals surface area contributed by atoms with Crippen LogP contribution in [0, 0.1) is 0 Å². The second-order valence-electron chi connectivity index (χ2n) is 6.89. The van der Waals surface area contributed by atoms with Gasteiger partial charge in [0.2, 0.25) is 5.91 Å². The van der Waals surface area contributed by atoms with Gasteiger partial charge in [-0.2, -0.15) is 0 Å². The lowest BCUT2D eigenvalue weighted by atomic mass is 9.98. The predicted molar refractivity (Wildman–Crippen MR) is 108 cm³/mol. The van der Waals surface area contributed by atoms with E-state index in [1.807, 2.05) is 43.3 Å². The summed E-state index contributed by atoms with van der Waals surface area (Å²) in [5.74, 6) is -1.61. The molecule has 0 saturated heterocycles. The van der Waals surface area contributed by atoms with Gasteiger partial charge in [-0.05, 0) is 28.7 Å². The van der Waals surface area contributed by atoms with Gasteiger partial charge >= 0.3 is 12.1 Å². The maximum Gasteiger partial charge on any atom is 0.407 e. The number of ether oxygens (including phenoxy) is 1. The number of nitrogens with one attached hydrogen (secondary N) is 1. The number of alkyl carbamates (subject to hydrolysis) is 1. The van der Waals surface area contributed by atoms with Gasteiger partial charge in [0.15, 0.2) is 0 Å². The largest absolute Gasteiger partial charge is 0.480 e. The molecule has 0 aromatic heterocycles. The number of nitrogens with zero attached hydrogens (tertiary/aromatic N) is 1. The summed E-state index contributed by atoms with van der Waals surface area (Å²) < 4.78 is 5.37. The molecule has 2 N–H and O–H groups in total. The second-order valence-corrected chi connectivity index (χ2v) is 6.89. The van der Waals surface area contributed by atoms with Gasteiger partial charge in [-0.15, -0.1) is 0 Å². The van der Waals surface area contributed by atoms with E-state index in [9.17, 15) is 14.4 Å². The van der Waals surface area contributed by atoms with Crippen LogP contribution < -0.4 is 5.32 Å². The van der Waals surface area contributed by atoms with Gasteiger partial charge in [0, 0.05) is 12.5 Å². The van der Waals surface area contributed by atoms with E-state index >= 15 is 0 Å². The number of hydrogen-bond donors (Lipinski definition) is 2. The molecule has 152 valence electrons. The summed E-state index contributed by atoms with van der Waals surface area (Å²) in [6.07, 6.45) is -0.0729. The number of rotatable bonds is 8. The first-order valence-corrected chi connectivity index (χ1v) is 9.59. The van der Waals surface area contributed by atoms with Crippen LogP contribution in [0.25, 0.3) is 11.1 Å². The lowest BCUT2D eigenvalue weighted by molar-refractivity contribution is -0.144. The van der Waals surface area contributed by atoms with E-state index in [1.165, 1.54) is 4.90 Å². The number of carboxylic acids is 1. The van der Waals surface area contributed by atoms with Crippen LogP contribution in [-0.2, 0) is 14.3 Å². The average Bonchev–Trinajstić information content (AvgIpc) is 3.04. The molecule has 0 bridgehead atoms. The molecule has 1 aliphatic rings. The monoisotopic (exact) mass is 396 g/mol. The Labute approximate surface area is 169 Å². The van der Waals surface area contributed by atoms with Crippen molar-refractivity contribution in [1.29, 1.82) is 0 Å². The standard InChI is InChI=1S/C22H24N2O5/c1-2-11-24(13-21(26)27)20(25)12-23-22(28)29-14-19-17-9-5-3-7-15(17)16-8-4-6-10-18(16)19/h3-10,19H,2,11-14H2,1H3,(H,23,28)(H,26,27). The summed E-state index contributed by atoms with van der Waals surface area (Å²) in [5, 5.41) is 11.3. The topological polar surface area (TPSA) is 95.9 Å². The Balaban J connectivity index is 1.57. The van der Waals surface area contributed by atoms with E-state index in [2.05, 4.69) is 17.4 Å². The number of aliphatic carboxylic acids is 1. The molecule has 1 aliphatic carbocycles. The van der Waals surface area contributed by atoms with Gasteiger partial charge in [-0.3, -0.25) is 9.59 Å². The van der Waals surface area contributed by atoms with Crippen molar-refractivity contribution in [2.75, 3.05) is 26.2 Å². The van der Waals surface area contributed by atoms with Gasteiger partial charge in [0.25, 0.3) is 0 Å². The fourth-order valence-electron chi connectivity index (χ4n) is 3.63. The van der Waals surface area contributed by atoms with Crippen LogP contribution >= 0.6 is 0 Å². The van der Waals surface area contributed by atoms with Crippen LogP contribution in [0.3, 0.4) is 0 Å². The lowest BCUT2D eigenvalue weighted by Crippen LogP contribution is -2.43. The number of fused-ring (bicyclic) bond motifs is 3. The van der Waals surface area contributed by atoms with Crippen molar-refractivity contribution in [1.82, 2.24) is 10.2 Å². The van der Waals surface area contributed by atoms with Crippen molar-refractivity contribution < 1.29 is 24.2 Å². The highest BCUT2D eigenvalue weighted by Crippen LogP contribution is 2.44. The molecule has 0 heterocycles. The van der Waals surface area contributed by atoms with Gasteiger partial charge in [0.1, 0.15) is 19.7 Å². The number of hydrogen-bond acceptors (Lipinski definition) is 4. The minimum atomic E-state index is -1.09. The molecule has 0 aliphatic heterocycles.